The topological polar surface area (TPSA) is 0 Å². The molecule has 0 aromatic heterocycles. The predicted octanol–water partition coefficient (Wildman–Crippen LogP) is 5.76. The normalized spacial score (nSPS) is 10.7. The Bertz CT molecular complexity index is 544. The van der Waals surface area contributed by atoms with Gasteiger partial charge in [-0.15, -0.1) is 23.5 Å². The maximum atomic E-state index is 6.16. The Morgan fingerprint density at radius 1 is 1.00 bits per heavy atom. The lowest BCUT2D eigenvalue weighted by Gasteiger charge is -2.12. The Morgan fingerprint density at radius 2 is 1.78 bits per heavy atom. The van der Waals surface area contributed by atoms with Gasteiger partial charge in [0.2, 0.25) is 0 Å². The predicted molar refractivity (Wildman–Crippen MR) is 85.2 cm³/mol. The molecule has 0 amide bonds. The van der Waals surface area contributed by atoms with E-state index in [1.54, 1.807) is 23.5 Å². The molecule has 0 saturated heterocycles. The quantitative estimate of drug-likeness (QED) is 0.660. The van der Waals surface area contributed by atoms with Gasteiger partial charge in [-0.2, -0.15) is 0 Å². The Labute approximate surface area is 122 Å². The van der Waals surface area contributed by atoms with Crippen LogP contribution in [0.4, 0.5) is 0 Å². The van der Waals surface area contributed by atoms with Crippen molar-refractivity contribution in [1.82, 2.24) is 0 Å². The van der Waals surface area contributed by atoms with E-state index in [-0.39, 0.29) is 0 Å². The first-order chi connectivity index (χ1) is 8.65. The highest BCUT2D eigenvalue weighted by Gasteiger charge is 2.09. The average molecular weight is 295 g/mol. The molecule has 0 aliphatic heterocycles. The van der Waals surface area contributed by atoms with Crippen LogP contribution >= 0.6 is 35.1 Å². The van der Waals surface area contributed by atoms with Gasteiger partial charge >= 0.3 is 0 Å². The summed E-state index contributed by atoms with van der Waals surface area (Å²) in [6.07, 6.45) is 4.23. The summed E-state index contributed by atoms with van der Waals surface area (Å²) in [6, 6.07) is 12.6. The van der Waals surface area contributed by atoms with Gasteiger partial charge in [-0.05, 0) is 54.3 Å². The molecule has 2 aromatic rings. The summed E-state index contributed by atoms with van der Waals surface area (Å²) in [5, 5.41) is 0.798. The fourth-order valence-electron chi connectivity index (χ4n) is 2.01. The van der Waals surface area contributed by atoms with Gasteiger partial charge in [0.15, 0.2) is 0 Å². The molecule has 0 nitrogen and oxygen atoms in total. The summed E-state index contributed by atoms with van der Waals surface area (Å²) < 4.78 is 0. The van der Waals surface area contributed by atoms with Gasteiger partial charge in [-0.3, -0.25) is 0 Å². The third kappa shape index (κ3) is 2.87. The molecule has 0 aliphatic rings. The molecular formula is C15H15ClS2. The van der Waals surface area contributed by atoms with Gasteiger partial charge in [0.05, 0.1) is 0 Å². The van der Waals surface area contributed by atoms with Crippen molar-refractivity contribution in [2.45, 2.75) is 16.7 Å². The highest BCUT2D eigenvalue weighted by atomic mass is 35.5. The number of halogens is 1. The number of benzene rings is 2. The van der Waals surface area contributed by atoms with Crippen molar-refractivity contribution < 1.29 is 0 Å². The van der Waals surface area contributed by atoms with Gasteiger partial charge in [0.1, 0.15) is 0 Å². The Balaban J connectivity index is 2.63. The second-order valence-corrected chi connectivity index (χ2v) is 6.16. The minimum absolute atomic E-state index is 0.798. The minimum Gasteiger partial charge on any atom is -0.128 e. The first-order valence-corrected chi connectivity index (χ1v) is 8.47. The molecule has 0 heterocycles. The Hall–Kier alpha value is -0.570. The van der Waals surface area contributed by atoms with E-state index in [0.29, 0.717) is 0 Å². The van der Waals surface area contributed by atoms with Crippen molar-refractivity contribution >= 4 is 35.1 Å². The van der Waals surface area contributed by atoms with Gasteiger partial charge in [0.25, 0.3) is 0 Å². The van der Waals surface area contributed by atoms with Crippen LogP contribution in [0, 0.1) is 6.92 Å². The first kappa shape index (κ1) is 13.9. The number of hydrogen-bond donors (Lipinski definition) is 0. The largest absolute Gasteiger partial charge is 0.128 e. The molecule has 2 aromatic carbocycles. The van der Waals surface area contributed by atoms with Crippen molar-refractivity contribution in [3.63, 3.8) is 0 Å². The van der Waals surface area contributed by atoms with Gasteiger partial charge in [0, 0.05) is 14.8 Å². The summed E-state index contributed by atoms with van der Waals surface area (Å²) >= 11 is 9.73. The zero-order valence-electron chi connectivity index (χ0n) is 10.7. The molecule has 0 unspecified atom stereocenters. The number of aryl methyl sites for hydroxylation is 1. The zero-order valence-corrected chi connectivity index (χ0v) is 13.0. The lowest BCUT2D eigenvalue weighted by molar-refractivity contribution is 1.26. The molecule has 0 spiro atoms. The summed E-state index contributed by atoms with van der Waals surface area (Å²) in [5.41, 5.74) is 3.65. The zero-order chi connectivity index (χ0) is 13.1. The van der Waals surface area contributed by atoms with E-state index in [2.05, 4.69) is 43.7 Å². The van der Waals surface area contributed by atoms with Crippen molar-refractivity contribution in [2.24, 2.45) is 0 Å². The van der Waals surface area contributed by atoms with E-state index in [1.165, 1.54) is 26.5 Å². The van der Waals surface area contributed by atoms with Gasteiger partial charge in [-0.1, -0.05) is 29.8 Å². The van der Waals surface area contributed by atoms with Crippen molar-refractivity contribution in [3.8, 4) is 11.1 Å². The van der Waals surface area contributed by atoms with Crippen molar-refractivity contribution in [1.29, 1.82) is 0 Å². The summed E-state index contributed by atoms with van der Waals surface area (Å²) in [7, 11) is 0. The molecule has 0 fully saturated rings. The van der Waals surface area contributed by atoms with E-state index in [4.69, 9.17) is 11.6 Å². The molecule has 0 atom stereocenters. The van der Waals surface area contributed by atoms with Crippen LogP contribution in [0.15, 0.2) is 46.2 Å². The van der Waals surface area contributed by atoms with Gasteiger partial charge < -0.3 is 0 Å². The first-order valence-electron chi connectivity index (χ1n) is 5.64. The van der Waals surface area contributed by atoms with Crippen LogP contribution in [0.3, 0.4) is 0 Å². The standard InChI is InChI=1S/C15H15ClS2/c1-10-7-11(9-12(16)8-10)13-5-4-6-14(17-2)15(13)18-3/h4-9H,1-3H3. The van der Waals surface area contributed by atoms with Crippen LogP contribution < -0.4 is 0 Å². The average Bonchev–Trinajstić information content (AvgIpc) is 2.36. The third-order valence-corrected chi connectivity index (χ3v) is 4.73. The molecule has 0 bridgehead atoms. The molecule has 2 rings (SSSR count). The Morgan fingerprint density at radius 3 is 2.39 bits per heavy atom. The molecule has 3 heteroatoms. The number of hydrogen-bond acceptors (Lipinski definition) is 2. The molecule has 0 radical (unpaired) electrons. The smallest absolute Gasteiger partial charge is 0.0414 e. The van der Waals surface area contributed by atoms with E-state index in [0.717, 1.165) is 5.02 Å². The summed E-state index contributed by atoms with van der Waals surface area (Å²) in [5.74, 6) is 0. The Kier molecular flexibility index (Phi) is 4.66. The summed E-state index contributed by atoms with van der Waals surface area (Å²) in [4.78, 5) is 2.64. The van der Waals surface area contributed by atoms with Crippen LogP contribution in [0.5, 0.6) is 0 Å². The fourth-order valence-corrected chi connectivity index (χ4v) is 3.98. The van der Waals surface area contributed by atoms with Crippen LogP contribution in [0.1, 0.15) is 5.56 Å². The van der Waals surface area contributed by atoms with E-state index in [1.807, 2.05) is 12.1 Å². The highest BCUT2D eigenvalue weighted by molar-refractivity contribution is 8.01. The minimum atomic E-state index is 0.798. The van der Waals surface area contributed by atoms with E-state index in [9.17, 15) is 0 Å². The number of thioether (sulfide) groups is 2. The fraction of sp³-hybridized carbons (Fsp3) is 0.200. The van der Waals surface area contributed by atoms with Crippen molar-refractivity contribution in [2.75, 3.05) is 12.5 Å². The van der Waals surface area contributed by atoms with Crippen LogP contribution in [0.2, 0.25) is 5.02 Å². The second-order valence-electron chi connectivity index (χ2n) is 4.06. The molecule has 94 valence electrons. The maximum absolute atomic E-state index is 6.16. The van der Waals surface area contributed by atoms with Crippen LogP contribution in [0.25, 0.3) is 11.1 Å². The monoisotopic (exact) mass is 294 g/mol. The lowest BCUT2D eigenvalue weighted by Crippen LogP contribution is -1.86. The lowest BCUT2D eigenvalue weighted by atomic mass is 10.0. The molecule has 18 heavy (non-hydrogen) atoms. The highest BCUT2D eigenvalue weighted by Crippen LogP contribution is 2.38. The van der Waals surface area contributed by atoms with E-state index >= 15 is 0 Å². The van der Waals surface area contributed by atoms with Gasteiger partial charge in [-0.25, -0.2) is 0 Å². The molecule has 0 saturated carbocycles. The molecule has 0 aliphatic carbocycles. The third-order valence-electron chi connectivity index (χ3n) is 2.76. The maximum Gasteiger partial charge on any atom is 0.0414 e. The summed E-state index contributed by atoms with van der Waals surface area (Å²) in [6.45, 7) is 2.08. The van der Waals surface area contributed by atoms with Crippen LogP contribution in [-0.2, 0) is 0 Å². The molecular weight excluding hydrogens is 280 g/mol. The number of rotatable bonds is 3. The van der Waals surface area contributed by atoms with Crippen molar-refractivity contribution in [3.05, 3.63) is 47.0 Å². The SMILES string of the molecule is CSc1cccc(-c2cc(C)cc(Cl)c2)c1SC. The van der Waals surface area contributed by atoms with Crippen LogP contribution in [-0.4, -0.2) is 12.5 Å². The second kappa shape index (κ2) is 6.05. The molecule has 0 N–H and O–H groups in total. The van der Waals surface area contributed by atoms with E-state index < -0.39 is 0 Å².